The SMILES string of the molecule is CCCC(C)(C)C1(F)OC(F)(F)C(F)(F)OC1C(C)(C)C. The number of hydrogen-bond donors (Lipinski definition) is 0. The largest absolute Gasteiger partial charge is 0.451 e. The van der Waals surface area contributed by atoms with E-state index in [1.807, 2.05) is 0 Å². The highest BCUT2D eigenvalue weighted by Crippen LogP contribution is 2.57. The fourth-order valence-electron chi connectivity index (χ4n) is 2.61. The topological polar surface area (TPSA) is 18.5 Å². The average Bonchev–Trinajstić information content (AvgIpc) is 2.21. The second kappa shape index (κ2) is 5.05. The van der Waals surface area contributed by atoms with Crippen molar-refractivity contribution in [3.63, 3.8) is 0 Å². The third-order valence-corrected chi connectivity index (χ3v) is 3.80. The predicted molar refractivity (Wildman–Crippen MR) is 67.8 cm³/mol. The molecule has 2 atom stereocenters. The quantitative estimate of drug-likeness (QED) is 0.672. The van der Waals surface area contributed by atoms with Gasteiger partial charge in [0.2, 0.25) is 5.85 Å². The summed E-state index contributed by atoms with van der Waals surface area (Å²) in [4.78, 5) is 0. The molecule has 0 radical (unpaired) electrons. The summed E-state index contributed by atoms with van der Waals surface area (Å²) in [5.74, 6) is -3.04. The number of ether oxygens (including phenoxy) is 2. The Bertz CT molecular complexity index is 389. The van der Waals surface area contributed by atoms with E-state index >= 15 is 4.39 Å². The lowest BCUT2D eigenvalue weighted by molar-refractivity contribution is -0.546. The van der Waals surface area contributed by atoms with E-state index in [4.69, 9.17) is 0 Å². The number of halogens is 5. The molecule has 0 bridgehead atoms. The minimum Gasteiger partial charge on any atom is -0.304 e. The van der Waals surface area contributed by atoms with Crippen LogP contribution in [0.5, 0.6) is 0 Å². The van der Waals surface area contributed by atoms with E-state index < -0.39 is 35.0 Å². The van der Waals surface area contributed by atoms with E-state index in [9.17, 15) is 17.6 Å². The Kier molecular flexibility index (Phi) is 4.47. The molecule has 126 valence electrons. The van der Waals surface area contributed by atoms with Crippen LogP contribution in [-0.2, 0) is 9.47 Å². The first-order chi connectivity index (χ1) is 9.11. The van der Waals surface area contributed by atoms with Crippen molar-refractivity contribution in [1.29, 1.82) is 0 Å². The van der Waals surface area contributed by atoms with Crippen LogP contribution in [0.2, 0.25) is 0 Å². The molecule has 0 aromatic rings. The van der Waals surface area contributed by atoms with Gasteiger partial charge in [-0.1, -0.05) is 48.0 Å². The number of rotatable bonds is 3. The van der Waals surface area contributed by atoms with Crippen LogP contribution >= 0.6 is 0 Å². The Balaban J connectivity index is 3.38. The first-order valence-electron chi connectivity index (χ1n) is 6.93. The maximum absolute atomic E-state index is 15.4. The Morgan fingerprint density at radius 3 is 1.76 bits per heavy atom. The van der Waals surface area contributed by atoms with Crippen molar-refractivity contribution in [3.05, 3.63) is 0 Å². The summed E-state index contributed by atoms with van der Waals surface area (Å²) in [5.41, 5.74) is -2.57. The highest BCUT2D eigenvalue weighted by atomic mass is 19.3. The van der Waals surface area contributed by atoms with Crippen LogP contribution in [0.25, 0.3) is 0 Å². The van der Waals surface area contributed by atoms with Crippen LogP contribution in [0, 0.1) is 10.8 Å². The molecule has 1 rings (SSSR count). The third-order valence-electron chi connectivity index (χ3n) is 3.80. The van der Waals surface area contributed by atoms with Crippen molar-refractivity contribution in [2.45, 2.75) is 78.6 Å². The molecule has 0 N–H and O–H groups in total. The van der Waals surface area contributed by atoms with Gasteiger partial charge in [0.05, 0.1) is 0 Å². The Labute approximate surface area is 122 Å². The summed E-state index contributed by atoms with van der Waals surface area (Å²) in [6, 6.07) is 0. The predicted octanol–water partition coefficient (Wildman–Crippen LogP) is 5.13. The molecule has 0 aromatic heterocycles. The zero-order valence-electron chi connectivity index (χ0n) is 13.2. The van der Waals surface area contributed by atoms with Gasteiger partial charge in [-0.15, -0.1) is 0 Å². The zero-order valence-corrected chi connectivity index (χ0v) is 13.2. The first kappa shape index (κ1) is 18.6. The second-order valence-corrected chi connectivity index (χ2v) is 7.28. The molecule has 0 spiro atoms. The van der Waals surface area contributed by atoms with Crippen LogP contribution < -0.4 is 0 Å². The number of alkyl halides is 5. The van der Waals surface area contributed by atoms with Crippen molar-refractivity contribution in [3.8, 4) is 0 Å². The lowest BCUT2D eigenvalue weighted by Crippen LogP contribution is -2.69. The third kappa shape index (κ3) is 3.04. The van der Waals surface area contributed by atoms with E-state index in [-0.39, 0.29) is 6.42 Å². The van der Waals surface area contributed by atoms with Gasteiger partial charge >= 0.3 is 12.2 Å². The van der Waals surface area contributed by atoms with Crippen LogP contribution in [0.1, 0.15) is 54.4 Å². The summed E-state index contributed by atoms with van der Waals surface area (Å²) in [5, 5.41) is 0. The van der Waals surface area contributed by atoms with Crippen LogP contribution in [0.15, 0.2) is 0 Å². The monoisotopic (exact) mass is 318 g/mol. The molecular weight excluding hydrogens is 295 g/mol. The van der Waals surface area contributed by atoms with Gasteiger partial charge in [-0.25, -0.2) is 4.39 Å². The smallest absolute Gasteiger partial charge is 0.304 e. The highest BCUT2D eigenvalue weighted by Gasteiger charge is 2.75. The summed E-state index contributed by atoms with van der Waals surface area (Å²) in [6.45, 7) is 8.81. The molecule has 21 heavy (non-hydrogen) atoms. The van der Waals surface area contributed by atoms with E-state index in [0.29, 0.717) is 6.42 Å². The summed E-state index contributed by atoms with van der Waals surface area (Å²) in [7, 11) is 0. The Morgan fingerprint density at radius 1 is 0.905 bits per heavy atom. The molecule has 1 aliphatic heterocycles. The van der Waals surface area contributed by atoms with Gasteiger partial charge in [0.25, 0.3) is 0 Å². The van der Waals surface area contributed by atoms with Gasteiger partial charge in [-0.05, 0) is 11.8 Å². The van der Waals surface area contributed by atoms with Crippen LogP contribution in [-0.4, -0.2) is 24.2 Å². The zero-order chi connectivity index (χ0) is 16.9. The van der Waals surface area contributed by atoms with Crippen molar-refractivity contribution in [2.24, 2.45) is 10.8 Å². The summed E-state index contributed by atoms with van der Waals surface area (Å²) >= 11 is 0. The Morgan fingerprint density at radius 2 is 1.38 bits per heavy atom. The molecule has 0 amide bonds. The molecule has 1 heterocycles. The maximum atomic E-state index is 15.4. The Hall–Kier alpha value is -0.430. The molecule has 0 saturated carbocycles. The maximum Gasteiger partial charge on any atom is 0.451 e. The minimum absolute atomic E-state index is 0.182. The van der Waals surface area contributed by atoms with Gasteiger partial charge in [0, 0.05) is 5.41 Å². The van der Waals surface area contributed by atoms with E-state index in [0.717, 1.165) is 0 Å². The summed E-state index contributed by atoms with van der Waals surface area (Å²) < 4.78 is 77.4. The van der Waals surface area contributed by atoms with E-state index in [2.05, 4.69) is 9.47 Å². The van der Waals surface area contributed by atoms with Crippen molar-refractivity contribution < 1.29 is 31.4 Å². The van der Waals surface area contributed by atoms with Gasteiger partial charge in [-0.2, -0.15) is 17.6 Å². The van der Waals surface area contributed by atoms with Gasteiger partial charge < -0.3 is 4.74 Å². The molecule has 1 aliphatic rings. The fourth-order valence-corrected chi connectivity index (χ4v) is 2.61. The van der Waals surface area contributed by atoms with Crippen LogP contribution in [0.3, 0.4) is 0 Å². The standard InChI is InChI=1S/C14H23F5O2/c1-7-8-11(5,6)12(15)9(10(2,3)4)20-13(16,17)14(18,19)21-12/h9H,7-8H2,1-6H3. The number of hydrogen-bond acceptors (Lipinski definition) is 2. The molecule has 1 saturated heterocycles. The fraction of sp³-hybridized carbons (Fsp3) is 1.00. The average molecular weight is 318 g/mol. The minimum atomic E-state index is -5.02. The first-order valence-corrected chi connectivity index (χ1v) is 6.93. The van der Waals surface area contributed by atoms with Crippen molar-refractivity contribution in [1.82, 2.24) is 0 Å². The molecule has 2 nitrogen and oxygen atoms in total. The molecule has 7 heteroatoms. The van der Waals surface area contributed by atoms with E-state index in [1.54, 1.807) is 6.92 Å². The molecule has 2 unspecified atom stereocenters. The van der Waals surface area contributed by atoms with Crippen molar-refractivity contribution >= 4 is 0 Å². The summed E-state index contributed by atoms with van der Waals surface area (Å²) in [6.07, 6.45) is -11.1. The van der Waals surface area contributed by atoms with Gasteiger partial charge in [0.1, 0.15) is 6.10 Å². The van der Waals surface area contributed by atoms with Crippen molar-refractivity contribution in [2.75, 3.05) is 0 Å². The highest BCUT2D eigenvalue weighted by molar-refractivity contribution is 5.02. The molecule has 0 aliphatic carbocycles. The second-order valence-electron chi connectivity index (χ2n) is 7.28. The molecule has 1 fully saturated rings. The van der Waals surface area contributed by atoms with E-state index in [1.165, 1.54) is 34.6 Å². The molecule has 0 aromatic carbocycles. The lowest BCUT2D eigenvalue weighted by atomic mass is 9.70. The van der Waals surface area contributed by atoms with Gasteiger partial charge in [-0.3, -0.25) is 4.74 Å². The van der Waals surface area contributed by atoms with Gasteiger partial charge in [0.15, 0.2) is 0 Å². The van der Waals surface area contributed by atoms with Crippen LogP contribution in [0.4, 0.5) is 22.0 Å². The molecular formula is C14H23F5O2. The lowest BCUT2D eigenvalue weighted by Gasteiger charge is -2.54. The normalized spacial score (nSPS) is 33.0.